The molecule has 1 aliphatic heterocycles. The third kappa shape index (κ3) is 1.19. The van der Waals surface area contributed by atoms with Crippen molar-refractivity contribution in [1.29, 1.82) is 5.26 Å². The summed E-state index contributed by atoms with van der Waals surface area (Å²) in [6.07, 6.45) is 0. The number of hydrogen-bond donors (Lipinski definition) is 0. The van der Waals surface area contributed by atoms with Gasteiger partial charge in [-0.2, -0.15) is 5.26 Å². The van der Waals surface area contributed by atoms with Crippen LogP contribution in [0, 0.1) is 34.5 Å². The standard InChI is InChI=1S/C11H14N2O2/c1-6(4-12)5-13-9(14)7-8(10(13)15)11(7,2)3/h6-8H,5H2,1-3H3. The molecule has 0 radical (unpaired) electrons. The van der Waals surface area contributed by atoms with Gasteiger partial charge in [-0.1, -0.05) is 13.8 Å². The number of rotatable bonds is 2. The van der Waals surface area contributed by atoms with Gasteiger partial charge in [-0.05, 0) is 12.3 Å². The second kappa shape index (κ2) is 2.82. The molecular formula is C11H14N2O2. The van der Waals surface area contributed by atoms with Gasteiger partial charge in [-0.15, -0.1) is 0 Å². The molecule has 1 saturated carbocycles. The normalized spacial score (nSPS) is 33.6. The first-order valence-electron chi connectivity index (χ1n) is 5.16. The highest BCUT2D eigenvalue weighted by Crippen LogP contribution is 2.63. The molecular weight excluding hydrogens is 192 g/mol. The molecule has 4 nitrogen and oxygen atoms in total. The molecule has 2 rings (SSSR count). The van der Waals surface area contributed by atoms with Gasteiger partial charge in [0, 0.05) is 6.54 Å². The summed E-state index contributed by atoms with van der Waals surface area (Å²) in [5.41, 5.74) is -0.152. The Balaban J connectivity index is 2.12. The van der Waals surface area contributed by atoms with Crippen LogP contribution in [-0.4, -0.2) is 23.3 Å². The van der Waals surface area contributed by atoms with E-state index >= 15 is 0 Å². The van der Waals surface area contributed by atoms with Gasteiger partial charge >= 0.3 is 0 Å². The summed E-state index contributed by atoms with van der Waals surface area (Å²) in [4.78, 5) is 24.9. The molecule has 1 aliphatic carbocycles. The fourth-order valence-electron chi connectivity index (χ4n) is 2.50. The first-order valence-corrected chi connectivity index (χ1v) is 5.16. The minimum absolute atomic E-state index is 0.0860. The Morgan fingerprint density at radius 3 is 2.27 bits per heavy atom. The number of piperidine rings is 1. The first kappa shape index (κ1) is 10.2. The summed E-state index contributed by atoms with van der Waals surface area (Å²) >= 11 is 0. The summed E-state index contributed by atoms with van der Waals surface area (Å²) in [6.45, 7) is 5.86. The zero-order valence-corrected chi connectivity index (χ0v) is 9.15. The van der Waals surface area contributed by atoms with Crippen molar-refractivity contribution in [3.8, 4) is 6.07 Å². The Labute approximate surface area is 88.9 Å². The highest BCUT2D eigenvalue weighted by Gasteiger charge is 2.72. The van der Waals surface area contributed by atoms with Crippen LogP contribution in [0.2, 0.25) is 0 Å². The van der Waals surface area contributed by atoms with E-state index in [-0.39, 0.29) is 41.5 Å². The average molecular weight is 206 g/mol. The smallest absolute Gasteiger partial charge is 0.233 e. The number of imide groups is 1. The molecule has 2 amide bonds. The summed E-state index contributed by atoms with van der Waals surface area (Å²) in [6, 6.07) is 2.04. The van der Waals surface area contributed by atoms with Crippen molar-refractivity contribution < 1.29 is 9.59 Å². The van der Waals surface area contributed by atoms with Crippen LogP contribution in [0.5, 0.6) is 0 Å². The molecule has 0 aromatic heterocycles. The van der Waals surface area contributed by atoms with Crippen molar-refractivity contribution in [1.82, 2.24) is 4.90 Å². The highest BCUT2D eigenvalue weighted by atomic mass is 16.2. The largest absolute Gasteiger partial charge is 0.281 e. The Kier molecular flexibility index (Phi) is 1.91. The lowest BCUT2D eigenvalue weighted by molar-refractivity contribution is -0.143. The van der Waals surface area contributed by atoms with Crippen molar-refractivity contribution in [2.75, 3.05) is 6.54 Å². The number of carbonyl (C=O) groups is 2. The van der Waals surface area contributed by atoms with E-state index in [2.05, 4.69) is 0 Å². The highest BCUT2D eigenvalue weighted by molar-refractivity contribution is 6.10. The molecule has 0 N–H and O–H groups in total. The van der Waals surface area contributed by atoms with Crippen LogP contribution in [0.1, 0.15) is 20.8 Å². The quantitative estimate of drug-likeness (QED) is 0.627. The summed E-state index contributed by atoms with van der Waals surface area (Å²) in [5.74, 6) is -0.709. The Hall–Kier alpha value is -1.37. The van der Waals surface area contributed by atoms with Crippen molar-refractivity contribution in [3.05, 3.63) is 0 Å². The predicted octanol–water partition coefficient (Wildman–Crippen LogP) is 0.787. The molecule has 1 saturated heterocycles. The van der Waals surface area contributed by atoms with E-state index < -0.39 is 0 Å². The molecule has 0 bridgehead atoms. The van der Waals surface area contributed by atoms with Gasteiger partial charge in [0.05, 0.1) is 23.8 Å². The van der Waals surface area contributed by atoms with E-state index in [0.717, 1.165) is 0 Å². The van der Waals surface area contributed by atoms with Gasteiger partial charge in [0.25, 0.3) is 0 Å². The number of likely N-dealkylation sites (tertiary alicyclic amines) is 1. The zero-order valence-electron chi connectivity index (χ0n) is 9.15. The molecule has 2 aliphatic rings. The van der Waals surface area contributed by atoms with E-state index in [1.165, 1.54) is 4.90 Å². The van der Waals surface area contributed by atoms with Crippen molar-refractivity contribution >= 4 is 11.8 Å². The maximum atomic E-state index is 11.8. The van der Waals surface area contributed by atoms with Gasteiger partial charge in [0.2, 0.25) is 11.8 Å². The van der Waals surface area contributed by atoms with Gasteiger partial charge in [0.15, 0.2) is 0 Å². The number of nitrogens with zero attached hydrogens (tertiary/aromatic N) is 2. The average Bonchev–Trinajstić information content (AvgIpc) is 2.64. The third-order valence-electron chi connectivity index (χ3n) is 3.57. The van der Waals surface area contributed by atoms with Gasteiger partial charge in [0.1, 0.15) is 0 Å². The number of fused-ring (bicyclic) bond motifs is 1. The Morgan fingerprint density at radius 2 is 1.87 bits per heavy atom. The molecule has 0 aromatic rings. The lowest BCUT2D eigenvalue weighted by Gasteiger charge is -2.21. The number of hydrogen-bond acceptors (Lipinski definition) is 3. The summed E-state index contributed by atoms with van der Waals surface area (Å²) in [7, 11) is 0. The van der Waals surface area contributed by atoms with Crippen molar-refractivity contribution in [3.63, 3.8) is 0 Å². The van der Waals surface area contributed by atoms with Crippen LogP contribution in [-0.2, 0) is 9.59 Å². The number of nitriles is 1. The van der Waals surface area contributed by atoms with E-state index in [1.54, 1.807) is 6.92 Å². The maximum Gasteiger partial charge on any atom is 0.233 e. The summed E-state index contributed by atoms with van der Waals surface area (Å²) < 4.78 is 0. The van der Waals surface area contributed by atoms with Crippen LogP contribution in [0.15, 0.2) is 0 Å². The third-order valence-corrected chi connectivity index (χ3v) is 3.57. The second-order valence-electron chi connectivity index (χ2n) is 5.09. The lowest BCUT2D eigenvalue weighted by Crippen LogP contribution is -2.38. The molecule has 3 unspecified atom stereocenters. The van der Waals surface area contributed by atoms with Crippen molar-refractivity contribution in [2.24, 2.45) is 23.2 Å². The monoisotopic (exact) mass is 206 g/mol. The SMILES string of the molecule is CC(C#N)CN1C(=O)C2C(C1=O)C2(C)C. The topological polar surface area (TPSA) is 61.2 Å². The predicted molar refractivity (Wildman–Crippen MR) is 52.3 cm³/mol. The molecule has 80 valence electrons. The van der Waals surface area contributed by atoms with Crippen LogP contribution in [0.3, 0.4) is 0 Å². The molecule has 0 spiro atoms. The van der Waals surface area contributed by atoms with Crippen LogP contribution < -0.4 is 0 Å². The minimum Gasteiger partial charge on any atom is -0.281 e. The van der Waals surface area contributed by atoms with Gasteiger partial charge in [-0.3, -0.25) is 14.5 Å². The molecule has 3 atom stereocenters. The molecule has 0 aromatic carbocycles. The van der Waals surface area contributed by atoms with E-state index in [9.17, 15) is 9.59 Å². The zero-order chi connectivity index (χ0) is 11.4. The lowest BCUT2D eigenvalue weighted by atomic mass is 10.0. The number of carbonyl (C=O) groups excluding carboxylic acids is 2. The molecule has 2 fully saturated rings. The second-order valence-corrected chi connectivity index (χ2v) is 5.09. The fourth-order valence-corrected chi connectivity index (χ4v) is 2.50. The minimum atomic E-state index is -0.279. The van der Waals surface area contributed by atoms with Gasteiger partial charge in [-0.25, -0.2) is 0 Å². The summed E-state index contributed by atoms with van der Waals surface area (Å²) in [5, 5.41) is 8.65. The van der Waals surface area contributed by atoms with E-state index in [4.69, 9.17) is 5.26 Å². The molecule has 1 heterocycles. The van der Waals surface area contributed by atoms with Gasteiger partial charge < -0.3 is 0 Å². The van der Waals surface area contributed by atoms with E-state index in [1.807, 2.05) is 19.9 Å². The van der Waals surface area contributed by atoms with Crippen LogP contribution >= 0.6 is 0 Å². The fraction of sp³-hybridized carbons (Fsp3) is 0.727. The Bertz CT molecular complexity index is 357. The number of amides is 2. The van der Waals surface area contributed by atoms with Crippen LogP contribution in [0.25, 0.3) is 0 Å². The molecule has 15 heavy (non-hydrogen) atoms. The van der Waals surface area contributed by atoms with Crippen molar-refractivity contribution in [2.45, 2.75) is 20.8 Å². The maximum absolute atomic E-state index is 11.8. The first-order chi connectivity index (χ1) is 6.91. The Morgan fingerprint density at radius 1 is 1.40 bits per heavy atom. The van der Waals surface area contributed by atoms with E-state index in [0.29, 0.717) is 0 Å². The molecule has 4 heteroatoms. The van der Waals surface area contributed by atoms with Crippen LogP contribution in [0.4, 0.5) is 0 Å².